The fraction of sp³-hybridized carbons (Fsp3) is 0.158. The predicted molar refractivity (Wildman–Crippen MR) is 101 cm³/mol. The minimum Gasteiger partial charge on any atom is -0.497 e. The highest BCUT2D eigenvalue weighted by Crippen LogP contribution is 2.42. The number of hydrogen-bond acceptors (Lipinski definition) is 6. The molecule has 0 unspecified atom stereocenters. The zero-order chi connectivity index (χ0) is 17.6. The quantitative estimate of drug-likeness (QED) is 0.572. The third-order valence-corrected chi connectivity index (χ3v) is 5.26. The van der Waals surface area contributed by atoms with Gasteiger partial charge in [0.1, 0.15) is 16.3 Å². The van der Waals surface area contributed by atoms with E-state index in [2.05, 4.69) is 10.1 Å². The van der Waals surface area contributed by atoms with Crippen molar-refractivity contribution in [1.29, 1.82) is 0 Å². The lowest BCUT2D eigenvalue weighted by Crippen LogP contribution is -1.88. The molecule has 0 aliphatic carbocycles. The number of fused-ring (bicyclic) bond motifs is 1. The van der Waals surface area contributed by atoms with E-state index in [0.717, 1.165) is 43.4 Å². The lowest BCUT2D eigenvalue weighted by molar-refractivity contribution is 0.415. The number of methoxy groups -OCH3 is 1. The summed E-state index contributed by atoms with van der Waals surface area (Å²) in [5.74, 6) is 1.46. The number of nitrogen functional groups attached to an aromatic ring is 1. The summed E-state index contributed by atoms with van der Waals surface area (Å²) in [6, 6.07) is 11.6. The average molecular weight is 351 g/mol. The molecule has 25 heavy (non-hydrogen) atoms. The van der Waals surface area contributed by atoms with E-state index in [1.807, 2.05) is 50.2 Å². The number of rotatable bonds is 3. The van der Waals surface area contributed by atoms with Crippen LogP contribution in [0.4, 0.5) is 5.69 Å². The van der Waals surface area contributed by atoms with Crippen LogP contribution < -0.4 is 10.5 Å². The maximum absolute atomic E-state index is 6.37. The van der Waals surface area contributed by atoms with E-state index in [9.17, 15) is 0 Å². The zero-order valence-electron chi connectivity index (χ0n) is 14.2. The fourth-order valence-corrected chi connectivity index (χ4v) is 4.10. The van der Waals surface area contributed by atoms with Gasteiger partial charge in [-0.05, 0) is 49.7 Å². The molecule has 0 aliphatic heterocycles. The standard InChI is InChI=1S/C19H17N3O2S/c1-10-8-11(2)21-19-16(10)17(20)18(25-19)15-9-14(22-24-15)12-4-6-13(23-3)7-5-12/h4-9H,20H2,1-3H3. The Kier molecular flexibility index (Phi) is 3.69. The topological polar surface area (TPSA) is 74.2 Å². The first-order valence-corrected chi connectivity index (χ1v) is 8.66. The van der Waals surface area contributed by atoms with Crippen molar-refractivity contribution in [2.24, 2.45) is 0 Å². The molecule has 4 rings (SSSR count). The monoisotopic (exact) mass is 351 g/mol. The molecule has 0 fully saturated rings. The highest BCUT2D eigenvalue weighted by Gasteiger charge is 2.18. The lowest BCUT2D eigenvalue weighted by atomic mass is 10.1. The second-order valence-corrected chi connectivity index (χ2v) is 6.91. The highest BCUT2D eigenvalue weighted by molar-refractivity contribution is 7.22. The van der Waals surface area contributed by atoms with Gasteiger partial charge in [0.25, 0.3) is 0 Å². The lowest BCUT2D eigenvalue weighted by Gasteiger charge is -1.99. The average Bonchev–Trinajstić information content (AvgIpc) is 3.20. The molecule has 6 heteroatoms. The zero-order valence-corrected chi connectivity index (χ0v) is 15.0. The molecule has 4 aromatic rings. The minimum absolute atomic E-state index is 0.656. The summed E-state index contributed by atoms with van der Waals surface area (Å²) in [6.07, 6.45) is 0. The Bertz CT molecular complexity index is 1060. The van der Waals surface area contributed by atoms with E-state index in [1.54, 1.807) is 7.11 Å². The molecule has 2 N–H and O–H groups in total. The summed E-state index contributed by atoms with van der Waals surface area (Å²) in [4.78, 5) is 6.38. The van der Waals surface area contributed by atoms with Gasteiger partial charge in [0.05, 0.1) is 17.7 Å². The first-order chi connectivity index (χ1) is 12.1. The molecule has 0 amide bonds. The second kappa shape index (κ2) is 5.89. The summed E-state index contributed by atoms with van der Waals surface area (Å²) >= 11 is 1.53. The van der Waals surface area contributed by atoms with Crippen LogP contribution >= 0.6 is 11.3 Å². The number of nitrogens with zero attached hydrogens (tertiary/aromatic N) is 2. The molecule has 0 aliphatic rings. The number of nitrogens with two attached hydrogens (primary N) is 1. The number of anilines is 1. The number of ether oxygens (including phenoxy) is 1. The Balaban J connectivity index is 1.78. The third-order valence-electron chi connectivity index (χ3n) is 4.14. The van der Waals surface area contributed by atoms with Crippen molar-refractivity contribution >= 4 is 27.2 Å². The Morgan fingerprint density at radius 2 is 1.88 bits per heavy atom. The number of hydrogen-bond donors (Lipinski definition) is 1. The van der Waals surface area contributed by atoms with E-state index in [0.29, 0.717) is 11.4 Å². The summed E-state index contributed by atoms with van der Waals surface area (Å²) in [5.41, 5.74) is 10.9. The van der Waals surface area contributed by atoms with Crippen LogP contribution in [-0.2, 0) is 0 Å². The molecular formula is C19H17N3O2S. The number of aromatic nitrogens is 2. The second-order valence-electron chi connectivity index (χ2n) is 5.91. The maximum atomic E-state index is 6.37. The van der Waals surface area contributed by atoms with E-state index in [1.165, 1.54) is 11.3 Å². The van der Waals surface area contributed by atoms with Gasteiger partial charge in [-0.15, -0.1) is 11.3 Å². The first-order valence-electron chi connectivity index (χ1n) is 7.84. The summed E-state index contributed by atoms with van der Waals surface area (Å²) < 4.78 is 10.7. The highest BCUT2D eigenvalue weighted by atomic mass is 32.1. The van der Waals surface area contributed by atoms with E-state index < -0.39 is 0 Å². The SMILES string of the molecule is COc1ccc(-c2cc(-c3sc4nc(C)cc(C)c4c3N)on2)cc1. The van der Waals surface area contributed by atoms with Crippen molar-refractivity contribution in [2.75, 3.05) is 12.8 Å². The van der Waals surface area contributed by atoms with Gasteiger partial charge in [-0.25, -0.2) is 4.98 Å². The van der Waals surface area contributed by atoms with Crippen molar-refractivity contribution < 1.29 is 9.26 Å². The third kappa shape index (κ3) is 2.64. The Morgan fingerprint density at radius 3 is 2.60 bits per heavy atom. The molecule has 0 radical (unpaired) electrons. The normalized spacial score (nSPS) is 11.2. The van der Waals surface area contributed by atoms with Crippen LogP contribution in [0.15, 0.2) is 40.9 Å². The van der Waals surface area contributed by atoms with Crippen LogP contribution in [0.5, 0.6) is 5.75 Å². The van der Waals surface area contributed by atoms with Crippen LogP contribution in [0, 0.1) is 13.8 Å². The van der Waals surface area contributed by atoms with Crippen LogP contribution in [0.2, 0.25) is 0 Å². The molecule has 0 bridgehead atoms. The van der Waals surface area contributed by atoms with Crippen molar-refractivity contribution in [3.63, 3.8) is 0 Å². The van der Waals surface area contributed by atoms with Gasteiger partial charge in [-0.3, -0.25) is 0 Å². The Labute approximate surface area is 149 Å². The van der Waals surface area contributed by atoms with Gasteiger partial charge >= 0.3 is 0 Å². The minimum atomic E-state index is 0.656. The molecule has 0 saturated heterocycles. The summed E-state index contributed by atoms with van der Waals surface area (Å²) in [7, 11) is 1.64. The molecule has 0 atom stereocenters. The van der Waals surface area contributed by atoms with Crippen molar-refractivity contribution in [1.82, 2.24) is 10.1 Å². The molecule has 3 heterocycles. The van der Waals surface area contributed by atoms with Gasteiger partial charge in [0.15, 0.2) is 5.76 Å². The van der Waals surface area contributed by atoms with Crippen molar-refractivity contribution in [2.45, 2.75) is 13.8 Å². The van der Waals surface area contributed by atoms with Crippen molar-refractivity contribution in [3.8, 4) is 27.6 Å². The molecule has 0 spiro atoms. The van der Waals surface area contributed by atoms with Crippen LogP contribution in [0.3, 0.4) is 0 Å². The first kappa shape index (κ1) is 15.7. The van der Waals surface area contributed by atoms with E-state index in [-0.39, 0.29) is 0 Å². The number of thiophene rings is 1. The number of pyridine rings is 1. The molecule has 5 nitrogen and oxygen atoms in total. The fourth-order valence-electron chi connectivity index (χ4n) is 2.93. The Hall–Kier alpha value is -2.86. The predicted octanol–water partition coefficient (Wildman–Crippen LogP) is 4.83. The molecule has 0 saturated carbocycles. The summed E-state index contributed by atoms with van der Waals surface area (Å²) in [6.45, 7) is 4.03. The van der Waals surface area contributed by atoms with Gasteiger partial charge in [0, 0.05) is 22.7 Å². The van der Waals surface area contributed by atoms with Crippen LogP contribution in [-0.4, -0.2) is 17.3 Å². The Morgan fingerprint density at radius 1 is 1.12 bits per heavy atom. The van der Waals surface area contributed by atoms with E-state index in [4.69, 9.17) is 15.0 Å². The van der Waals surface area contributed by atoms with Crippen molar-refractivity contribution in [3.05, 3.63) is 47.7 Å². The molecule has 126 valence electrons. The molecule has 3 aromatic heterocycles. The van der Waals surface area contributed by atoms with Gasteiger partial charge in [-0.1, -0.05) is 5.16 Å². The smallest absolute Gasteiger partial charge is 0.179 e. The molecule has 1 aromatic carbocycles. The van der Waals surface area contributed by atoms with Crippen LogP contribution in [0.1, 0.15) is 11.3 Å². The van der Waals surface area contributed by atoms with Gasteiger partial charge < -0.3 is 15.0 Å². The number of aryl methyl sites for hydroxylation is 2. The van der Waals surface area contributed by atoms with Gasteiger partial charge in [-0.2, -0.15) is 0 Å². The van der Waals surface area contributed by atoms with E-state index >= 15 is 0 Å². The largest absolute Gasteiger partial charge is 0.497 e. The maximum Gasteiger partial charge on any atom is 0.179 e. The molecular weight excluding hydrogens is 334 g/mol. The summed E-state index contributed by atoms with van der Waals surface area (Å²) in [5, 5.41) is 5.18. The van der Waals surface area contributed by atoms with Crippen LogP contribution in [0.25, 0.3) is 32.1 Å². The van der Waals surface area contributed by atoms with Gasteiger partial charge in [0.2, 0.25) is 0 Å². The number of benzene rings is 1.